The number of aliphatic hydroxyl groups excluding tert-OH is 1. The van der Waals surface area contributed by atoms with Crippen LogP contribution in [-0.4, -0.2) is 144 Å². The number of carbonyl (C=O) groups is 6. The lowest BCUT2D eigenvalue weighted by Crippen LogP contribution is -2.47. The predicted octanol–water partition coefficient (Wildman–Crippen LogP) is 0.163. The summed E-state index contributed by atoms with van der Waals surface area (Å²) in [4.78, 5) is 69.7. The van der Waals surface area contributed by atoms with Gasteiger partial charge in [0.2, 0.25) is 23.6 Å². The fourth-order valence-corrected chi connectivity index (χ4v) is 5.24. The Morgan fingerprint density at radius 3 is 1.55 bits per heavy atom. The van der Waals surface area contributed by atoms with Crippen LogP contribution >= 0.6 is 0 Å². The molecule has 18 heteroatoms. The van der Waals surface area contributed by atoms with Crippen LogP contribution in [0.3, 0.4) is 0 Å². The zero-order valence-corrected chi connectivity index (χ0v) is 32.8. The number of nitrogens with one attached hydrogen (secondary N) is 4. The summed E-state index contributed by atoms with van der Waals surface area (Å²) < 4.78 is 21.4. The lowest BCUT2D eigenvalue weighted by Gasteiger charge is -2.16. The van der Waals surface area contributed by atoms with Crippen molar-refractivity contribution < 1.29 is 59.4 Å². The highest BCUT2D eigenvalue weighted by Gasteiger charge is 2.20. The minimum atomic E-state index is -0.986. The largest absolute Gasteiger partial charge is 0.481 e. The number of hydrogen-bond acceptors (Lipinski definition) is 13. The lowest BCUT2D eigenvalue weighted by molar-refractivity contribution is -0.137. The fourth-order valence-electron chi connectivity index (χ4n) is 5.24. The van der Waals surface area contributed by atoms with Crippen LogP contribution in [0.15, 0.2) is 0 Å². The molecule has 0 aromatic carbocycles. The molecule has 0 aromatic heterocycles. The molecule has 0 unspecified atom stereocenters. The number of hydrogen-bond donors (Lipinski definition) is 8. The number of Topliss-reactive ketones (excluding diaryl/α,β-unsaturated/α-hetero) is 1. The first-order chi connectivity index (χ1) is 26.6. The predicted molar refractivity (Wildman–Crippen MR) is 207 cm³/mol. The Hall–Kier alpha value is -3.26. The van der Waals surface area contributed by atoms with Crippen LogP contribution < -0.4 is 32.7 Å². The van der Waals surface area contributed by atoms with Gasteiger partial charge in [-0.25, -0.2) is 0 Å². The summed E-state index contributed by atoms with van der Waals surface area (Å²) in [7, 11) is 0. The zero-order valence-electron chi connectivity index (χ0n) is 32.8. The summed E-state index contributed by atoms with van der Waals surface area (Å²) in [5, 5.41) is 28.6. The van der Waals surface area contributed by atoms with E-state index in [4.69, 9.17) is 40.6 Å². The van der Waals surface area contributed by atoms with Crippen LogP contribution in [0, 0.1) is 5.92 Å². The van der Waals surface area contributed by atoms with Crippen molar-refractivity contribution in [1.82, 2.24) is 21.3 Å². The molecule has 4 amide bonds. The summed E-state index contributed by atoms with van der Waals surface area (Å²) in [6.07, 6.45) is 13.1. The first-order valence-electron chi connectivity index (χ1n) is 19.8. The standard InChI is InChI=1S/C37H70N6O12.H2/c38-25-30(32(45)26-43-31(27-44)37(39)51)13-11-12-16-40-34(47)28-54-23-22-53-20-18-42-35(48)29-55-24-21-52-19-17-41-33(46)14-9-7-5-3-1-2-4-6-8-10-15-36(49)50;/h30-31,43-44H,1-29,38H2,(H2,39,51)(H,40,47)(H,41,46)(H,42,48)(H,49,50);1H/t30-,31+;/m1./s1. The highest BCUT2D eigenvalue weighted by molar-refractivity contribution is 5.85. The van der Waals surface area contributed by atoms with Crippen molar-refractivity contribution in [1.29, 1.82) is 0 Å². The number of aliphatic hydroxyl groups is 1. The van der Waals surface area contributed by atoms with Crippen molar-refractivity contribution in [2.24, 2.45) is 17.4 Å². The number of carboxylic acids is 1. The Kier molecular flexibility index (Phi) is 35.4. The third kappa shape index (κ3) is 34.9. The molecule has 0 rings (SSSR count). The first kappa shape index (κ1) is 51.7. The van der Waals surface area contributed by atoms with Gasteiger partial charge in [0.15, 0.2) is 5.78 Å². The Bertz CT molecular complexity index is 1050. The SMILES string of the molecule is NC[C@@H](CCCCNC(=O)COCCOCCNC(=O)COCCOCCNC(=O)CCCCCCCCCCCCC(=O)O)C(=O)CN[C@@H](CO)C(N)=O.[HH]. The molecular weight excluding hydrogens is 720 g/mol. The summed E-state index contributed by atoms with van der Waals surface area (Å²) in [5.74, 6) is -2.58. The Morgan fingerprint density at radius 2 is 1.05 bits per heavy atom. The van der Waals surface area contributed by atoms with Crippen molar-refractivity contribution in [2.45, 2.75) is 102 Å². The molecule has 0 saturated heterocycles. The number of ether oxygens (including phenoxy) is 4. The molecule has 0 aromatic rings. The van der Waals surface area contributed by atoms with Gasteiger partial charge in [0, 0.05) is 46.4 Å². The van der Waals surface area contributed by atoms with Crippen molar-refractivity contribution in [3.63, 3.8) is 0 Å². The second kappa shape index (κ2) is 37.7. The normalized spacial score (nSPS) is 12.2. The van der Waals surface area contributed by atoms with Gasteiger partial charge in [-0.3, -0.25) is 34.1 Å². The van der Waals surface area contributed by atoms with Gasteiger partial charge >= 0.3 is 5.97 Å². The van der Waals surface area contributed by atoms with E-state index < -0.39 is 30.4 Å². The average Bonchev–Trinajstić information content (AvgIpc) is 3.15. The Labute approximate surface area is 327 Å². The van der Waals surface area contributed by atoms with Crippen molar-refractivity contribution >= 4 is 35.4 Å². The van der Waals surface area contributed by atoms with E-state index in [0.29, 0.717) is 58.5 Å². The van der Waals surface area contributed by atoms with Crippen molar-refractivity contribution in [3.8, 4) is 0 Å². The monoisotopic (exact) mass is 793 g/mol. The van der Waals surface area contributed by atoms with E-state index in [1.807, 2.05) is 0 Å². The minimum Gasteiger partial charge on any atom is -0.481 e. The van der Waals surface area contributed by atoms with Crippen LogP contribution in [0.25, 0.3) is 0 Å². The molecule has 0 heterocycles. The van der Waals surface area contributed by atoms with Crippen molar-refractivity contribution in [3.05, 3.63) is 0 Å². The van der Waals surface area contributed by atoms with Crippen LogP contribution in [0.1, 0.15) is 97.7 Å². The lowest BCUT2D eigenvalue weighted by atomic mass is 9.97. The number of amides is 4. The molecule has 0 aliphatic rings. The Balaban J connectivity index is 0. The quantitative estimate of drug-likeness (QED) is 0.0383. The molecule has 2 atom stereocenters. The highest BCUT2D eigenvalue weighted by atomic mass is 16.5. The number of primary amides is 1. The van der Waals surface area contributed by atoms with Gasteiger partial charge in [0.1, 0.15) is 19.3 Å². The summed E-state index contributed by atoms with van der Waals surface area (Å²) in [6, 6.07) is -0.986. The Morgan fingerprint density at radius 1 is 0.582 bits per heavy atom. The van der Waals surface area contributed by atoms with Gasteiger partial charge in [-0.2, -0.15) is 0 Å². The average molecular weight is 793 g/mol. The summed E-state index contributed by atoms with van der Waals surface area (Å²) in [5.41, 5.74) is 10.8. The number of ketones is 1. The van der Waals surface area contributed by atoms with Gasteiger partial charge in [0.25, 0.3) is 0 Å². The van der Waals surface area contributed by atoms with Gasteiger partial charge < -0.3 is 56.6 Å². The molecule has 322 valence electrons. The van der Waals surface area contributed by atoms with Crippen LogP contribution in [0.2, 0.25) is 0 Å². The topological polar surface area (TPSA) is 280 Å². The van der Waals surface area contributed by atoms with Gasteiger partial charge in [-0.15, -0.1) is 0 Å². The number of nitrogens with two attached hydrogens (primary N) is 2. The molecular formula is C37H72N6O12. The first-order valence-corrected chi connectivity index (χ1v) is 19.8. The highest BCUT2D eigenvalue weighted by Crippen LogP contribution is 2.12. The maximum atomic E-state index is 12.3. The smallest absolute Gasteiger partial charge is 0.303 e. The number of carboxylic acid groups (broad SMARTS) is 1. The second-order valence-electron chi connectivity index (χ2n) is 13.2. The van der Waals surface area contributed by atoms with Crippen LogP contribution in [0.5, 0.6) is 0 Å². The molecule has 55 heavy (non-hydrogen) atoms. The number of rotatable bonds is 41. The van der Waals surface area contributed by atoms with E-state index in [1.54, 1.807) is 0 Å². The molecule has 0 aliphatic heterocycles. The second-order valence-corrected chi connectivity index (χ2v) is 13.2. The van der Waals surface area contributed by atoms with E-state index in [9.17, 15) is 28.8 Å². The third-order valence-corrected chi connectivity index (χ3v) is 8.48. The molecule has 0 fully saturated rings. The van der Waals surface area contributed by atoms with Gasteiger partial charge in [-0.1, -0.05) is 57.8 Å². The molecule has 10 N–H and O–H groups in total. The number of carbonyl (C=O) groups excluding carboxylic acids is 5. The maximum Gasteiger partial charge on any atom is 0.303 e. The van der Waals surface area contributed by atoms with E-state index in [1.165, 1.54) is 12.8 Å². The van der Waals surface area contributed by atoms with Crippen LogP contribution in [-0.2, 0) is 47.7 Å². The molecule has 0 aliphatic carbocycles. The minimum absolute atomic E-state index is 0. The van der Waals surface area contributed by atoms with Gasteiger partial charge in [-0.05, 0) is 25.7 Å². The van der Waals surface area contributed by atoms with E-state index in [-0.39, 0.29) is 84.1 Å². The molecule has 0 saturated carbocycles. The van der Waals surface area contributed by atoms with E-state index in [0.717, 1.165) is 51.4 Å². The van der Waals surface area contributed by atoms with Crippen LogP contribution in [0.4, 0.5) is 0 Å². The molecule has 18 nitrogen and oxygen atoms in total. The summed E-state index contributed by atoms with van der Waals surface area (Å²) >= 11 is 0. The van der Waals surface area contributed by atoms with Crippen molar-refractivity contribution in [2.75, 3.05) is 92.2 Å². The summed E-state index contributed by atoms with van der Waals surface area (Å²) in [6.45, 7) is 2.06. The fraction of sp³-hybridized carbons (Fsp3) is 0.838. The van der Waals surface area contributed by atoms with E-state index in [2.05, 4.69) is 21.3 Å². The molecule has 0 radical (unpaired) electrons. The zero-order chi connectivity index (χ0) is 40.8. The van der Waals surface area contributed by atoms with Gasteiger partial charge in [0.05, 0.1) is 52.8 Å². The number of aliphatic carboxylic acids is 1. The molecule has 0 bridgehead atoms. The van der Waals surface area contributed by atoms with E-state index >= 15 is 0 Å². The maximum absolute atomic E-state index is 12.3. The number of unbranched alkanes of at least 4 members (excludes halogenated alkanes) is 10. The molecule has 0 spiro atoms. The third-order valence-electron chi connectivity index (χ3n) is 8.48.